The molecule has 1 aromatic rings. The van der Waals surface area contributed by atoms with Gasteiger partial charge in [-0.05, 0) is 11.1 Å². The number of benzene rings is 1. The summed E-state index contributed by atoms with van der Waals surface area (Å²) in [6, 6.07) is 9.88. The van der Waals surface area contributed by atoms with E-state index < -0.39 is 0 Å². The lowest BCUT2D eigenvalue weighted by atomic mass is 10.0. The van der Waals surface area contributed by atoms with Crippen LogP contribution in [0.4, 0.5) is 0 Å². The van der Waals surface area contributed by atoms with Crippen molar-refractivity contribution in [1.82, 2.24) is 0 Å². The van der Waals surface area contributed by atoms with E-state index in [0.717, 1.165) is 16.0 Å². The third kappa shape index (κ3) is 2.51. The summed E-state index contributed by atoms with van der Waals surface area (Å²) in [5.41, 5.74) is 1.97. The van der Waals surface area contributed by atoms with E-state index in [4.69, 9.17) is 12.2 Å². The first-order valence-corrected chi connectivity index (χ1v) is 4.75. The van der Waals surface area contributed by atoms with Crippen LogP contribution in [0.1, 0.15) is 5.56 Å². The molecule has 0 N–H and O–H groups in total. The molecule has 0 aliphatic heterocycles. The van der Waals surface area contributed by atoms with E-state index >= 15 is 0 Å². The van der Waals surface area contributed by atoms with E-state index in [9.17, 15) is 0 Å². The predicted molar refractivity (Wildman–Crippen MR) is 66.6 cm³/mol. The molecule has 0 amide bonds. The monoisotopic (exact) mass is 200 g/mol. The van der Waals surface area contributed by atoms with Crippen LogP contribution in [0.25, 0.3) is 0 Å². The summed E-state index contributed by atoms with van der Waals surface area (Å²) < 4.78 is 0. The Morgan fingerprint density at radius 2 is 1.79 bits per heavy atom. The molecule has 0 bridgehead atoms. The number of thiocarbonyl (C=S) groups is 1. The van der Waals surface area contributed by atoms with Crippen LogP contribution in [0.15, 0.2) is 67.3 Å². The average Bonchev–Trinajstić information content (AvgIpc) is 2.26. The third-order valence-corrected chi connectivity index (χ3v) is 2.29. The second kappa shape index (κ2) is 5.30. The lowest BCUT2D eigenvalue weighted by molar-refractivity contribution is 1.65. The summed E-state index contributed by atoms with van der Waals surface area (Å²) in [6.07, 6.45) is 5.32. The van der Waals surface area contributed by atoms with Gasteiger partial charge in [0, 0.05) is 0 Å². The summed E-state index contributed by atoms with van der Waals surface area (Å²) in [6.45, 7) is 7.36. The summed E-state index contributed by atoms with van der Waals surface area (Å²) >= 11 is 5.32. The first-order chi connectivity index (χ1) is 6.79. The van der Waals surface area contributed by atoms with Crippen molar-refractivity contribution in [2.24, 2.45) is 0 Å². The van der Waals surface area contributed by atoms with Gasteiger partial charge >= 0.3 is 0 Å². The van der Waals surface area contributed by atoms with Crippen molar-refractivity contribution in [2.75, 3.05) is 0 Å². The van der Waals surface area contributed by atoms with E-state index in [0.29, 0.717) is 0 Å². The number of hydrogen-bond acceptors (Lipinski definition) is 1. The van der Waals surface area contributed by atoms with Crippen molar-refractivity contribution in [3.63, 3.8) is 0 Å². The lowest BCUT2D eigenvalue weighted by Crippen LogP contribution is -1.98. The SMILES string of the molecule is C=C/C=C(\C=C)C(=S)c1ccccc1. The molecule has 0 saturated carbocycles. The van der Waals surface area contributed by atoms with Crippen molar-refractivity contribution < 1.29 is 0 Å². The Morgan fingerprint density at radius 3 is 2.29 bits per heavy atom. The van der Waals surface area contributed by atoms with Gasteiger partial charge in [-0.1, -0.05) is 73.9 Å². The molecule has 0 aromatic heterocycles. The first-order valence-electron chi connectivity index (χ1n) is 4.34. The van der Waals surface area contributed by atoms with Crippen molar-refractivity contribution in [3.8, 4) is 0 Å². The van der Waals surface area contributed by atoms with Crippen molar-refractivity contribution in [3.05, 3.63) is 72.9 Å². The van der Waals surface area contributed by atoms with Gasteiger partial charge in [-0.2, -0.15) is 0 Å². The molecule has 1 rings (SSSR count). The van der Waals surface area contributed by atoms with Crippen LogP contribution in [-0.2, 0) is 0 Å². The van der Waals surface area contributed by atoms with E-state index in [1.165, 1.54) is 0 Å². The van der Waals surface area contributed by atoms with Gasteiger partial charge in [0.25, 0.3) is 0 Å². The lowest BCUT2D eigenvalue weighted by Gasteiger charge is -2.03. The van der Waals surface area contributed by atoms with Crippen LogP contribution < -0.4 is 0 Å². The maximum atomic E-state index is 5.32. The van der Waals surface area contributed by atoms with Crippen LogP contribution in [0.2, 0.25) is 0 Å². The molecule has 0 spiro atoms. The van der Waals surface area contributed by atoms with Crippen LogP contribution in [0.5, 0.6) is 0 Å². The summed E-state index contributed by atoms with van der Waals surface area (Å²) in [4.78, 5) is 0.806. The van der Waals surface area contributed by atoms with E-state index in [2.05, 4.69) is 13.2 Å². The highest BCUT2D eigenvalue weighted by molar-refractivity contribution is 7.81. The largest absolute Gasteiger partial charge is 0.0990 e. The van der Waals surface area contributed by atoms with E-state index in [1.807, 2.05) is 36.4 Å². The number of rotatable bonds is 4. The van der Waals surface area contributed by atoms with Crippen molar-refractivity contribution >= 4 is 17.1 Å². The van der Waals surface area contributed by atoms with Gasteiger partial charge in [-0.15, -0.1) is 0 Å². The molecule has 0 aliphatic carbocycles. The van der Waals surface area contributed by atoms with Crippen LogP contribution in [0.3, 0.4) is 0 Å². The Morgan fingerprint density at radius 1 is 1.14 bits per heavy atom. The summed E-state index contributed by atoms with van der Waals surface area (Å²) in [5.74, 6) is 0. The molecule has 1 aromatic carbocycles. The number of hydrogen-bond donors (Lipinski definition) is 0. The molecular formula is C13H12S. The molecule has 0 nitrogen and oxygen atoms in total. The Balaban J connectivity index is 3.01. The normalized spacial score (nSPS) is 10.7. The highest BCUT2D eigenvalue weighted by Gasteiger charge is 2.02. The maximum Gasteiger partial charge on any atom is 0.0521 e. The molecule has 70 valence electrons. The minimum absolute atomic E-state index is 0.806. The van der Waals surface area contributed by atoms with Crippen LogP contribution in [0, 0.1) is 0 Å². The van der Waals surface area contributed by atoms with E-state index in [1.54, 1.807) is 12.2 Å². The van der Waals surface area contributed by atoms with Crippen LogP contribution >= 0.6 is 12.2 Å². The molecule has 0 atom stereocenters. The fraction of sp³-hybridized carbons (Fsp3) is 0. The van der Waals surface area contributed by atoms with Gasteiger partial charge in [0.1, 0.15) is 0 Å². The standard InChI is InChI=1S/C13H12S/c1-3-8-11(4-2)13(14)12-9-6-5-7-10-12/h3-10H,1-2H2/b11-8+. The van der Waals surface area contributed by atoms with Gasteiger partial charge in [0.2, 0.25) is 0 Å². The zero-order valence-corrected chi connectivity index (χ0v) is 8.76. The zero-order chi connectivity index (χ0) is 10.4. The Hall–Kier alpha value is -1.47. The second-order valence-electron chi connectivity index (χ2n) is 2.76. The predicted octanol–water partition coefficient (Wildman–Crippen LogP) is 3.70. The van der Waals surface area contributed by atoms with Gasteiger partial charge in [-0.25, -0.2) is 0 Å². The Labute approximate surface area is 90.3 Å². The molecule has 0 unspecified atom stereocenters. The second-order valence-corrected chi connectivity index (χ2v) is 3.17. The molecule has 0 heterocycles. The molecule has 14 heavy (non-hydrogen) atoms. The molecule has 0 fully saturated rings. The highest BCUT2D eigenvalue weighted by Crippen LogP contribution is 2.10. The maximum absolute atomic E-state index is 5.32. The minimum Gasteiger partial charge on any atom is -0.0990 e. The van der Waals surface area contributed by atoms with Gasteiger partial charge in [0.05, 0.1) is 4.86 Å². The minimum atomic E-state index is 0.806. The van der Waals surface area contributed by atoms with Crippen molar-refractivity contribution in [1.29, 1.82) is 0 Å². The van der Waals surface area contributed by atoms with Gasteiger partial charge in [-0.3, -0.25) is 0 Å². The van der Waals surface area contributed by atoms with Crippen molar-refractivity contribution in [2.45, 2.75) is 0 Å². The van der Waals surface area contributed by atoms with Gasteiger partial charge in [0.15, 0.2) is 0 Å². The Bertz CT molecular complexity index is 371. The topological polar surface area (TPSA) is 0 Å². The first kappa shape index (κ1) is 10.6. The summed E-state index contributed by atoms with van der Waals surface area (Å²) in [7, 11) is 0. The van der Waals surface area contributed by atoms with Gasteiger partial charge < -0.3 is 0 Å². The Kier molecular flexibility index (Phi) is 4.02. The zero-order valence-electron chi connectivity index (χ0n) is 7.94. The average molecular weight is 200 g/mol. The highest BCUT2D eigenvalue weighted by atomic mass is 32.1. The fourth-order valence-electron chi connectivity index (χ4n) is 1.12. The number of allylic oxidation sites excluding steroid dienone is 4. The molecule has 0 aliphatic rings. The summed E-state index contributed by atoms with van der Waals surface area (Å²) in [5, 5.41) is 0. The van der Waals surface area contributed by atoms with E-state index in [-0.39, 0.29) is 0 Å². The molecular weight excluding hydrogens is 188 g/mol. The smallest absolute Gasteiger partial charge is 0.0521 e. The molecule has 0 radical (unpaired) electrons. The molecule has 0 saturated heterocycles. The van der Waals surface area contributed by atoms with Crippen LogP contribution in [-0.4, -0.2) is 4.86 Å². The quantitative estimate of drug-likeness (QED) is 0.309. The molecule has 1 heteroatoms. The third-order valence-electron chi connectivity index (χ3n) is 1.82. The fourth-order valence-corrected chi connectivity index (χ4v) is 1.41.